The molecule has 2 unspecified atom stereocenters. The summed E-state index contributed by atoms with van der Waals surface area (Å²) in [6.45, 7) is 7.46. The Labute approximate surface area is 153 Å². The van der Waals surface area contributed by atoms with Gasteiger partial charge in [-0.05, 0) is 38.0 Å². The van der Waals surface area contributed by atoms with Crippen molar-refractivity contribution in [1.82, 2.24) is 9.88 Å². The lowest BCUT2D eigenvalue weighted by atomic mass is 10.1. The number of aromatic nitrogens is 1. The zero-order valence-electron chi connectivity index (χ0n) is 15.0. The summed E-state index contributed by atoms with van der Waals surface area (Å²) in [4.78, 5) is 18.9. The van der Waals surface area contributed by atoms with Gasteiger partial charge in [0.05, 0.1) is 24.3 Å². The fraction of sp³-hybridized carbons (Fsp3) is 0.474. The summed E-state index contributed by atoms with van der Waals surface area (Å²) in [7, 11) is 0. The summed E-state index contributed by atoms with van der Waals surface area (Å²) in [5.41, 5.74) is 3.14. The number of benzene rings is 1. The third-order valence-corrected chi connectivity index (χ3v) is 5.08. The van der Waals surface area contributed by atoms with Gasteiger partial charge in [0.1, 0.15) is 0 Å². The number of anilines is 2. The zero-order chi connectivity index (χ0) is 17.8. The average Bonchev–Trinajstić information content (AvgIpc) is 3.01. The van der Waals surface area contributed by atoms with Crippen molar-refractivity contribution in [1.29, 1.82) is 0 Å². The van der Waals surface area contributed by atoms with E-state index in [0.717, 1.165) is 22.9 Å². The summed E-state index contributed by atoms with van der Waals surface area (Å²) in [5, 5.41) is 6.07. The van der Waals surface area contributed by atoms with Crippen molar-refractivity contribution in [2.45, 2.75) is 45.8 Å². The number of carbonyl (C=O) groups excluding carboxylic acids is 1. The van der Waals surface area contributed by atoms with Gasteiger partial charge < -0.3 is 15.0 Å². The van der Waals surface area contributed by atoms with Crippen LogP contribution in [0.25, 0.3) is 0 Å². The first-order valence-corrected chi connectivity index (χ1v) is 9.65. The molecule has 0 aliphatic carbocycles. The van der Waals surface area contributed by atoms with Crippen LogP contribution >= 0.6 is 11.3 Å². The van der Waals surface area contributed by atoms with Gasteiger partial charge in [-0.15, -0.1) is 11.3 Å². The molecule has 1 aromatic heterocycles. The summed E-state index contributed by atoms with van der Waals surface area (Å²) in [5.74, 6) is 0.117. The van der Waals surface area contributed by atoms with Crippen LogP contribution in [0.3, 0.4) is 0 Å². The molecule has 0 radical (unpaired) electrons. The highest BCUT2D eigenvalue weighted by atomic mass is 32.1. The molecule has 2 heterocycles. The number of aryl methyl sites for hydroxylation is 1. The molecule has 5 nitrogen and oxygen atoms in total. The van der Waals surface area contributed by atoms with Crippen molar-refractivity contribution < 1.29 is 9.53 Å². The Morgan fingerprint density at radius 2 is 1.96 bits per heavy atom. The Morgan fingerprint density at radius 3 is 2.60 bits per heavy atom. The van der Waals surface area contributed by atoms with Crippen LogP contribution in [0, 0.1) is 0 Å². The third-order valence-electron chi connectivity index (χ3n) is 4.27. The molecule has 2 atom stereocenters. The highest BCUT2D eigenvalue weighted by molar-refractivity contribution is 7.13. The molecule has 1 saturated heterocycles. The van der Waals surface area contributed by atoms with Crippen LogP contribution in [-0.4, -0.2) is 41.1 Å². The molecule has 1 aromatic carbocycles. The maximum atomic E-state index is 12.5. The highest BCUT2D eigenvalue weighted by Gasteiger charge is 2.26. The van der Waals surface area contributed by atoms with Crippen molar-refractivity contribution in [3.63, 3.8) is 0 Å². The number of ether oxygens (including phenoxy) is 1. The van der Waals surface area contributed by atoms with E-state index in [0.29, 0.717) is 19.5 Å². The number of nitrogens with one attached hydrogen (secondary N) is 1. The number of rotatable bonds is 5. The minimum atomic E-state index is 0.0893. The summed E-state index contributed by atoms with van der Waals surface area (Å²) >= 11 is 1.53. The number of morpholine rings is 1. The monoisotopic (exact) mass is 359 g/mol. The molecule has 1 amide bonds. The Balaban J connectivity index is 1.58. The molecule has 0 saturated carbocycles. The average molecular weight is 359 g/mol. The topological polar surface area (TPSA) is 54.5 Å². The number of thiazole rings is 1. The molecular formula is C19H25N3O2S. The van der Waals surface area contributed by atoms with Crippen molar-refractivity contribution in [3.8, 4) is 0 Å². The third kappa shape index (κ3) is 4.80. The smallest absolute Gasteiger partial charge is 0.228 e. The van der Waals surface area contributed by atoms with E-state index in [1.54, 1.807) is 0 Å². The molecule has 1 N–H and O–H groups in total. The van der Waals surface area contributed by atoms with E-state index < -0.39 is 0 Å². The number of nitrogens with zero attached hydrogens (tertiary/aromatic N) is 2. The van der Waals surface area contributed by atoms with Gasteiger partial charge in [0.2, 0.25) is 5.91 Å². The van der Waals surface area contributed by atoms with Crippen LogP contribution < -0.4 is 5.32 Å². The Morgan fingerprint density at radius 1 is 1.28 bits per heavy atom. The van der Waals surface area contributed by atoms with Gasteiger partial charge in [-0.25, -0.2) is 4.98 Å². The molecule has 0 bridgehead atoms. The minimum absolute atomic E-state index is 0.0893. The standard InChI is InChI=1S/C19H25N3O2S/c1-4-15-5-7-16(8-6-15)20-19-21-17(12-25-19)9-18(23)22-10-13(2)24-14(3)11-22/h5-8,12-14H,4,9-11H2,1-3H3,(H,20,21). The Hall–Kier alpha value is -1.92. The second kappa shape index (κ2) is 7.97. The van der Waals surface area contributed by atoms with Crippen LogP contribution in [0.4, 0.5) is 10.8 Å². The lowest BCUT2D eigenvalue weighted by Gasteiger charge is -2.35. The van der Waals surface area contributed by atoms with Crippen LogP contribution in [-0.2, 0) is 22.4 Å². The fourth-order valence-corrected chi connectivity index (χ4v) is 3.77. The van der Waals surface area contributed by atoms with Gasteiger partial charge >= 0.3 is 0 Å². The van der Waals surface area contributed by atoms with Gasteiger partial charge in [-0.2, -0.15) is 0 Å². The predicted molar refractivity (Wildman–Crippen MR) is 102 cm³/mol. The van der Waals surface area contributed by atoms with E-state index in [2.05, 4.69) is 41.5 Å². The SMILES string of the molecule is CCc1ccc(Nc2nc(CC(=O)N3CC(C)OC(C)C3)cs2)cc1. The summed E-state index contributed by atoms with van der Waals surface area (Å²) < 4.78 is 5.69. The molecule has 134 valence electrons. The van der Waals surface area contributed by atoms with Gasteiger partial charge in [-0.3, -0.25) is 4.79 Å². The highest BCUT2D eigenvalue weighted by Crippen LogP contribution is 2.22. The normalized spacial score (nSPS) is 20.5. The van der Waals surface area contributed by atoms with Crippen molar-refractivity contribution in [3.05, 3.63) is 40.9 Å². The van der Waals surface area contributed by atoms with E-state index in [1.165, 1.54) is 16.9 Å². The van der Waals surface area contributed by atoms with Gasteiger partial charge in [0, 0.05) is 24.2 Å². The fourth-order valence-electron chi connectivity index (χ4n) is 3.04. The first-order chi connectivity index (χ1) is 12.0. The van der Waals surface area contributed by atoms with Crippen LogP contribution in [0.1, 0.15) is 32.0 Å². The lowest BCUT2D eigenvalue weighted by Crippen LogP contribution is -2.48. The maximum absolute atomic E-state index is 12.5. The molecule has 2 aromatic rings. The minimum Gasteiger partial charge on any atom is -0.372 e. The molecule has 1 fully saturated rings. The Bertz CT molecular complexity index is 704. The second-order valence-electron chi connectivity index (χ2n) is 6.55. The van der Waals surface area contributed by atoms with Crippen LogP contribution in [0.15, 0.2) is 29.6 Å². The van der Waals surface area contributed by atoms with Crippen LogP contribution in [0.5, 0.6) is 0 Å². The van der Waals surface area contributed by atoms with Gasteiger partial charge in [-0.1, -0.05) is 19.1 Å². The molecular weight excluding hydrogens is 334 g/mol. The van der Waals surface area contributed by atoms with Crippen LogP contribution in [0.2, 0.25) is 0 Å². The first kappa shape index (κ1) is 17.9. The molecule has 25 heavy (non-hydrogen) atoms. The number of amides is 1. The molecule has 0 spiro atoms. The summed E-state index contributed by atoms with van der Waals surface area (Å²) in [6, 6.07) is 8.34. The van der Waals surface area contributed by atoms with E-state index in [9.17, 15) is 4.79 Å². The largest absolute Gasteiger partial charge is 0.372 e. The van der Waals surface area contributed by atoms with Crippen molar-refractivity contribution in [2.75, 3.05) is 18.4 Å². The number of hydrogen-bond acceptors (Lipinski definition) is 5. The van der Waals surface area contributed by atoms with Crippen molar-refractivity contribution in [2.24, 2.45) is 0 Å². The van der Waals surface area contributed by atoms with Gasteiger partial charge in [0.25, 0.3) is 0 Å². The van der Waals surface area contributed by atoms with E-state index in [-0.39, 0.29) is 18.1 Å². The first-order valence-electron chi connectivity index (χ1n) is 8.77. The molecule has 1 aliphatic rings. The van der Waals surface area contributed by atoms with E-state index >= 15 is 0 Å². The number of carbonyl (C=O) groups is 1. The van der Waals surface area contributed by atoms with E-state index in [1.807, 2.05) is 24.1 Å². The molecule has 3 rings (SSSR count). The molecule has 1 aliphatic heterocycles. The summed E-state index contributed by atoms with van der Waals surface area (Å²) in [6.07, 6.45) is 1.55. The lowest BCUT2D eigenvalue weighted by molar-refractivity contribution is -0.142. The second-order valence-corrected chi connectivity index (χ2v) is 7.41. The quantitative estimate of drug-likeness (QED) is 0.886. The zero-order valence-corrected chi connectivity index (χ0v) is 15.8. The van der Waals surface area contributed by atoms with Crippen molar-refractivity contribution >= 4 is 28.1 Å². The van der Waals surface area contributed by atoms with E-state index in [4.69, 9.17) is 4.74 Å². The predicted octanol–water partition coefficient (Wildman–Crippen LogP) is 3.63. The number of hydrogen-bond donors (Lipinski definition) is 1. The Kier molecular flexibility index (Phi) is 5.71. The maximum Gasteiger partial charge on any atom is 0.228 e. The molecule has 6 heteroatoms. The van der Waals surface area contributed by atoms with Gasteiger partial charge in [0.15, 0.2) is 5.13 Å².